The normalized spacial score (nSPS) is 12.1. The lowest BCUT2D eigenvalue weighted by molar-refractivity contribution is 0.617. The molecule has 0 spiro atoms. The maximum Gasteiger partial charge on any atom is 0.0555 e. The maximum absolute atomic E-state index is 7.56. The van der Waals surface area contributed by atoms with E-state index in [0.29, 0.717) is 6.04 Å². The predicted octanol–water partition coefficient (Wildman–Crippen LogP) is 4.15. The van der Waals surface area contributed by atoms with Crippen LogP contribution in [0, 0.1) is 5.41 Å². The predicted molar refractivity (Wildman–Crippen MR) is 86.2 cm³/mol. The lowest BCUT2D eigenvalue weighted by Crippen LogP contribution is -2.06. The van der Waals surface area contributed by atoms with Gasteiger partial charge in [-0.15, -0.1) is 0 Å². The zero-order valence-electron chi connectivity index (χ0n) is 10.4. The molecule has 1 heterocycles. The van der Waals surface area contributed by atoms with Gasteiger partial charge in [-0.25, -0.2) is 0 Å². The number of rotatable bonds is 4. The van der Waals surface area contributed by atoms with Gasteiger partial charge in [0.15, 0.2) is 0 Å². The number of fused-ring (bicyclic) bond motifs is 1. The average Bonchev–Trinajstić information content (AvgIpc) is 2.74. The van der Waals surface area contributed by atoms with Crippen LogP contribution in [0.4, 0.5) is 0 Å². The van der Waals surface area contributed by atoms with E-state index in [1.165, 1.54) is 17.1 Å². The lowest BCUT2D eigenvalue weighted by atomic mass is 10.2. The van der Waals surface area contributed by atoms with Gasteiger partial charge in [0, 0.05) is 34.9 Å². The highest BCUT2D eigenvalue weighted by molar-refractivity contribution is 14.1. The second kappa shape index (κ2) is 5.56. The molecule has 0 saturated heterocycles. The molecule has 0 atom stereocenters. The van der Waals surface area contributed by atoms with Crippen molar-refractivity contribution in [3.8, 4) is 0 Å². The van der Waals surface area contributed by atoms with Crippen LogP contribution in [0.2, 0.25) is 0 Å². The van der Waals surface area contributed by atoms with Crippen LogP contribution in [0.15, 0.2) is 36.5 Å². The molecule has 0 radical (unpaired) electrons. The smallest absolute Gasteiger partial charge is 0.0555 e. The van der Waals surface area contributed by atoms with Crippen molar-refractivity contribution < 1.29 is 0 Å². The first-order valence-corrected chi connectivity index (χ1v) is 6.94. The average molecular weight is 353 g/mol. The minimum Gasteiger partial charge on any atom is -0.338 e. The van der Waals surface area contributed by atoms with Gasteiger partial charge < -0.3 is 13.5 Å². The Balaban J connectivity index is 2.73. The Morgan fingerprint density at radius 2 is 2.11 bits per heavy atom. The van der Waals surface area contributed by atoms with Gasteiger partial charge in [-0.1, -0.05) is 18.2 Å². The Hall–Kier alpha value is -1.30. The monoisotopic (exact) mass is 353 g/mol. The molecule has 0 saturated carbocycles. The largest absolute Gasteiger partial charge is 0.338 e. The number of aromatic nitrogens is 1. The summed E-state index contributed by atoms with van der Waals surface area (Å²) < 4.78 is 5.24. The number of para-hydroxylation sites is 1. The van der Waals surface area contributed by atoms with Crippen LogP contribution in [-0.4, -0.2) is 10.8 Å². The minimum absolute atomic E-state index is 0.359. The van der Waals surface area contributed by atoms with E-state index >= 15 is 0 Å². The Labute approximate surface area is 121 Å². The summed E-state index contributed by atoms with van der Waals surface area (Å²) in [5, 5.41) is 8.77. The van der Waals surface area contributed by atoms with E-state index in [9.17, 15) is 0 Å². The number of hydrogen-bond donors (Lipinski definition) is 2. The minimum atomic E-state index is 0.359. The summed E-state index contributed by atoms with van der Waals surface area (Å²) in [7, 11) is 0. The molecule has 0 fully saturated rings. The van der Waals surface area contributed by atoms with Gasteiger partial charge in [0.1, 0.15) is 0 Å². The van der Waals surface area contributed by atoms with Gasteiger partial charge in [-0.3, -0.25) is 0 Å². The van der Waals surface area contributed by atoms with Crippen molar-refractivity contribution in [1.82, 2.24) is 8.10 Å². The van der Waals surface area contributed by atoms with Crippen molar-refractivity contribution >= 4 is 45.6 Å². The van der Waals surface area contributed by atoms with Gasteiger partial charge in [0.25, 0.3) is 0 Å². The molecular formula is C14H16IN3. The molecule has 0 unspecified atom stereocenters. The highest BCUT2D eigenvalue weighted by Crippen LogP contribution is 2.27. The molecule has 0 amide bonds. The quantitative estimate of drug-likeness (QED) is 0.484. The highest BCUT2D eigenvalue weighted by atomic mass is 127. The second-order valence-corrected chi connectivity index (χ2v) is 5.03. The first-order chi connectivity index (χ1) is 8.69. The summed E-state index contributed by atoms with van der Waals surface area (Å²) in [6, 6.07) is 10.8. The number of hydrogen-bond acceptors (Lipinski definition) is 2. The van der Waals surface area contributed by atoms with Crippen LogP contribution in [0.1, 0.15) is 25.6 Å². The first-order valence-electron chi connectivity index (χ1n) is 5.86. The van der Waals surface area contributed by atoms with Gasteiger partial charge in [-0.2, -0.15) is 0 Å². The van der Waals surface area contributed by atoms with Gasteiger partial charge in [0.2, 0.25) is 0 Å². The second-order valence-electron chi connectivity index (χ2n) is 4.41. The number of halogens is 1. The van der Waals surface area contributed by atoms with E-state index in [1.54, 1.807) is 0 Å². The zero-order chi connectivity index (χ0) is 13.1. The standard InChI is InChI=1S/C14H16IN3/c1-10(2)18-13-6-4-3-5-11(13)7-14(18)12(8-16)9-17-15/h3-10,16-17H,1-2H3/b12-9+,16-8?. The fourth-order valence-electron chi connectivity index (χ4n) is 2.20. The molecule has 3 nitrogen and oxygen atoms in total. The summed E-state index contributed by atoms with van der Waals surface area (Å²) in [6.45, 7) is 4.32. The molecule has 2 aromatic rings. The fourth-order valence-corrected chi connectivity index (χ4v) is 2.54. The Kier molecular flexibility index (Phi) is 4.06. The summed E-state index contributed by atoms with van der Waals surface area (Å²) in [5.74, 6) is 0. The Morgan fingerprint density at radius 1 is 1.39 bits per heavy atom. The molecule has 0 aliphatic rings. The van der Waals surface area contributed by atoms with Crippen LogP contribution in [0.5, 0.6) is 0 Å². The molecule has 94 valence electrons. The van der Waals surface area contributed by atoms with Crippen molar-refractivity contribution in [2.45, 2.75) is 19.9 Å². The summed E-state index contributed by atoms with van der Waals surface area (Å²) in [5.41, 5.74) is 3.17. The number of benzene rings is 1. The molecule has 2 N–H and O–H groups in total. The summed E-state index contributed by atoms with van der Waals surface area (Å²) >= 11 is 2.06. The fraction of sp³-hybridized carbons (Fsp3) is 0.214. The van der Waals surface area contributed by atoms with Crippen molar-refractivity contribution in [3.63, 3.8) is 0 Å². The van der Waals surface area contributed by atoms with E-state index in [2.05, 4.69) is 69.1 Å². The molecule has 1 aromatic heterocycles. The molecule has 0 aliphatic heterocycles. The molecule has 4 heteroatoms. The number of nitrogens with one attached hydrogen (secondary N) is 2. The van der Waals surface area contributed by atoms with Crippen LogP contribution in [0.25, 0.3) is 16.5 Å². The van der Waals surface area contributed by atoms with Crippen molar-refractivity contribution in [2.75, 3.05) is 0 Å². The van der Waals surface area contributed by atoms with Crippen LogP contribution in [-0.2, 0) is 0 Å². The summed E-state index contributed by atoms with van der Waals surface area (Å²) in [6.07, 6.45) is 3.24. The van der Waals surface area contributed by atoms with Crippen molar-refractivity contribution in [3.05, 3.63) is 42.2 Å². The highest BCUT2D eigenvalue weighted by Gasteiger charge is 2.13. The molecule has 1 aromatic carbocycles. The Morgan fingerprint density at radius 3 is 2.72 bits per heavy atom. The number of allylic oxidation sites excluding steroid dienone is 1. The Bertz CT molecular complexity index is 596. The van der Waals surface area contributed by atoms with E-state index in [4.69, 9.17) is 5.41 Å². The SMILES string of the molecule is CC(C)n1c(/C(C=N)=C/NI)cc2ccccc21. The molecule has 0 bridgehead atoms. The van der Waals surface area contributed by atoms with Crippen LogP contribution < -0.4 is 3.53 Å². The third-order valence-corrected chi connectivity index (χ3v) is 3.24. The maximum atomic E-state index is 7.56. The van der Waals surface area contributed by atoms with Gasteiger partial charge >= 0.3 is 0 Å². The van der Waals surface area contributed by atoms with Crippen molar-refractivity contribution in [1.29, 1.82) is 5.41 Å². The lowest BCUT2D eigenvalue weighted by Gasteiger charge is -2.15. The third kappa shape index (κ3) is 2.29. The van der Waals surface area contributed by atoms with Crippen LogP contribution >= 0.6 is 22.9 Å². The van der Waals surface area contributed by atoms with E-state index in [0.717, 1.165) is 11.3 Å². The molecule has 0 aliphatic carbocycles. The number of nitrogens with zero attached hydrogens (tertiary/aromatic N) is 1. The zero-order valence-corrected chi connectivity index (χ0v) is 12.6. The molecule has 18 heavy (non-hydrogen) atoms. The summed E-state index contributed by atoms with van der Waals surface area (Å²) in [4.78, 5) is 0. The first kappa shape index (κ1) is 13.1. The third-order valence-electron chi connectivity index (χ3n) is 2.93. The molecule has 2 rings (SSSR count). The molecular weight excluding hydrogens is 337 g/mol. The van der Waals surface area contributed by atoms with Gasteiger partial charge in [0.05, 0.1) is 28.6 Å². The van der Waals surface area contributed by atoms with E-state index < -0.39 is 0 Å². The topological polar surface area (TPSA) is 40.8 Å². The van der Waals surface area contributed by atoms with E-state index in [-0.39, 0.29) is 0 Å². The van der Waals surface area contributed by atoms with E-state index in [1.807, 2.05) is 12.3 Å². The van der Waals surface area contributed by atoms with Gasteiger partial charge in [-0.05, 0) is 26.0 Å². The van der Waals surface area contributed by atoms with Crippen molar-refractivity contribution in [2.24, 2.45) is 0 Å². The van der Waals surface area contributed by atoms with Crippen LogP contribution in [0.3, 0.4) is 0 Å².